The van der Waals surface area contributed by atoms with Gasteiger partial charge in [0.05, 0.1) is 23.4 Å². The van der Waals surface area contributed by atoms with Gasteiger partial charge in [0.1, 0.15) is 0 Å². The van der Waals surface area contributed by atoms with Gasteiger partial charge >= 0.3 is 0 Å². The minimum atomic E-state index is -0.883. The monoisotopic (exact) mass is 322 g/mol. The molecule has 0 amide bonds. The summed E-state index contributed by atoms with van der Waals surface area (Å²) in [5.74, 6) is -0.147. The first-order chi connectivity index (χ1) is 10.6. The van der Waals surface area contributed by atoms with Crippen molar-refractivity contribution >= 4 is 0 Å². The lowest BCUT2D eigenvalue weighted by Crippen LogP contribution is -2.38. The molecule has 3 heteroatoms. The molecule has 1 aliphatic carbocycles. The largest absolute Gasteiger partial charge is 0.390 e. The highest BCUT2D eigenvalue weighted by molar-refractivity contribution is 5.10. The van der Waals surface area contributed by atoms with Gasteiger partial charge in [0.25, 0.3) is 0 Å². The van der Waals surface area contributed by atoms with E-state index in [1.165, 1.54) is 11.1 Å². The molecule has 2 N–H and O–H groups in total. The Kier molecular flexibility index (Phi) is 5.76. The molecule has 0 aromatic carbocycles. The molecule has 3 nitrogen and oxygen atoms in total. The first-order valence-electron chi connectivity index (χ1n) is 9.03. The summed E-state index contributed by atoms with van der Waals surface area (Å²) in [6, 6.07) is 0. The third-order valence-corrected chi connectivity index (χ3v) is 5.59. The van der Waals surface area contributed by atoms with Gasteiger partial charge in [0, 0.05) is 5.92 Å². The van der Waals surface area contributed by atoms with Crippen molar-refractivity contribution in [2.45, 2.75) is 96.6 Å². The smallest absolute Gasteiger partial charge is 0.0923 e. The van der Waals surface area contributed by atoms with Crippen molar-refractivity contribution in [3.05, 3.63) is 23.3 Å². The Bertz CT molecular complexity index is 472. The van der Waals surface area contributed by atoms with Crippen LogP contribution in [0.4, 0.5) is 0 Å². The summed E-state index contributed by atoms with van der Waals surface area (Å²) in [5, 5.41) is 21.1. The number of ether oxygens (including phenoxy) is 1. The molecule has 0 saturated carbocycles. The van der Waals surface area contributed by atoms with Crippen LogP contribution in [-0.2, 0) is 4.74 Å². The van der Waals surface area contributed by atoms with E-state index in [2.05, 4.69) is 26.8 Å². The fourth-order valence-corrected chi connectivity index (χ4v) is 3.76. The minimum absolute atomic E-state index is 0.0510. The van der Waals surface area contributed by atoms with E-state index in [-0.39, 0.29) is 11.5 Å². The topological polar surface area (TPSA) is 53.0 Å². The first kappa shape index (κ1) is 18.7. The maximum atomic E-state index is 10.6. The SMILES string of the molecule is C/C1=C\CC[C@]2(C)O[C@H]2CC/C(C)=C/[C@@H](O)[C@H](C(C)(C)O)CC1. The summed E-state index contributed by atoms with van der Waals surface area (Å²) in [6.45, 7) is 10.0. The average molecular weight is 322 g/mol. The maximum Gasteiger partial charge on any atom is 0.0923 e. The fourth-order valence-electron chi connectivity index (χ4n) is 3.76. The van der Waals surface area contributed by atoms with Gasteiger partial charge in [0.15, 0.2) is 0 Å². The van der Waals surface area contributed by atoms with Gasteiger partial charge in [-0.1, -0.05) is 23.3 Å². The molecule has 23 heavy (non-hydrogen) atoms. The molecular weight excluding hydrogens is 288 g/mol. The Hall–Kier alpha value is -0.640. The summed E-state index contributed by atoms with van der Waals surface area (Å²) in [6.07, 6.45) is 9.79. The van der Waals surface area contributed by atoms with Crippen LogP contribution >= 0.6 is 0 Å². The van der Waals surface area contributed by atoms with Crippen molar-refractivity contribution < 1.29 is 14.9 Å². The molecule has 1 aliphatic heterocycles. The van der Waals surface area contributed by atoms with Crippen molar-refractivity contribution in [1.29, 1.82) is 0 Å². The van der Waals surface area contributed by atoms with Crippen LogP contribution < -0.4 is 0 Å². The second-order valence-electron chi connectivity index (χ2n) is 8.35. The second-order valence-corrected chi connectivity index (χ2v) is 8.35. The Morgan fingerprint density at radius 1 is 1.17 bits per heavy atom. The van der Waals surface area contributed by atoms with Gasteiger partial charge in [-0.25, -0.2) is 0 Å². The summed E-state index contributed by atoms with van der Waals surface area (Å²) in [4.78, 5) is 0. The maximum absolute atomic E-state index is 10.6. The van der Waals surface area contributed by atoms with Crippen molar-refractivity contribution in [3.63, 3.8) is 0 Å². The Morgan fingerprint density at radius 2 is 1.83 bits per heavy atom. The first-order valence-corrected chi connectivity index (χ1v) is 9.03. The van der Waals surface area contributed by atoms with E-state index >= 15 is 0 Å². The molecule has 0 radical (unpaired) electrons. The molecule has 0 spiro atoms. The van der Waals surface area contributed by atoms with E-state index in [1.54, 1.807) is 13.8 Å². The van der Waals surface area contributed by atoms with Crippen molar-refractivity contribution in [2.24, 2.45) is 5.92 Å². The lowest BCUT2D eigenvalue weighted by atomic mass is 9.80. The van der Waals surface area contributed by atoms with Crippen LogP contribution in [0.25, 0.3) is 0 Å². The van der Waals surface area contributed by atoms with Crippen LogP contribution in [0, 0.1) is 5.92 Å². The van der Waals surface area contributed by atoms with E-state index in [0.717, 1.165) is 38.5 Å². The van der Waals surface area contributed by atoms with Gasteiger partial charge in [-0.2, -0.15) is 0 Å². The van der Waals surface area contributed by atoms with E-state index in [1.807, 2.05) is 6.08 Å². The zero-order valence-electron chi connectivity index (χ0n) is 15.4. The van der Waals surface area contributed by atoms with E-state index < -0.39 is 11.7 Å². The number of aliphatic hydroxyl groups excluding tert-OH is 1. The molecule has 2 aliphatic rings. The fraction of sp³-hybridized carbons (Fsp3) is 0.800. The standard InChI is InChI=1S/C20H34O3/c1-14-7-6-12-20(5)18(23-20)11-9-15(2)13-17(21)16(10-8-14)19(3,4)22/h7,13,16-18,21-22H,6,8-12H2,1-5H3/b14-7+,15-13+/t16-,17-,18+,20+/m1/s1. The predicted molar refractivity (Wildman–Crippen MR) is 94.3 cm³/mol. The summed E-state index contributed by atoms with van der Waals surface area (Å²) < 4.78 is 5.91. The number of hydrogen-bond acceptors (Lipinski definition) is 3. The number of allylic oxidation sites excluding steroid dienone is 3. The molecule has 0 aromatic heterocycles. The molecule has 132 valence electrons. The van der Waals surface area contributed by atoms with Crippen LogP contribution in [-0.4, -0.2) is 33.6 Å². The van der Waals surface area contributed by atoms with E-state index in [4.69, 9.17) is 4.74 Å². The Labute approximate surface area is 141 Å². The molecular formula is C20H34O3. The quantitative estimate of drug-likeness (QED) is 0.563. The van der Waals surface area contributed by atoms with E-state index in [9.17, 15) is 10.2 Å². The molecule has 1 fully saturated rings. The van der Waals surface area contributed by atoms with Crippen molar-refractivity contribution in [3.8, 4) is 0 Å². The van der Waals surface area contributed by atoms with Crippen LogP contribution in [0.2, 0.25) is 0 Å². The lowest BCUT2D eigenvalue weighted by Gasteiger charge is -2.32. The molecule has 0 bridgehead atoms. The predicted octanol–water partition coefficient (Wildman–Crippen LogP) is 4.14. The molecule has 1 heterocycles. The molecule has 0 aromatic rings. The average Bonchev–Trinajstić information content (AvgIpc) is 3.05. The number of rotatable bonds is 1. The van der Waals surface area contributed by atoms with Gasteiger partial charge in [-0.15, -0.1) is 0 Å². The summed E-state index contributed by atoms with van der Waals surface area (Å²) in [7, 11) is 0. The molecule has 1 saturated heterocycles. The van der Waals surface area contributed by atoms with E-state index in [0.29, 0.717) is 6.10 Å². The highest BCUT2D eigenvalue weighted by Gasteiger charge is 2.50. The van der Waals surface area contributed by atoms with Crippen molar-refractivity contribution in [2.75, 3.05) is 0 Å². The van der Waals surface area contributed by atoms with Gasteiger partial charge in [-0.05, 0) is 73.1 Å². The normalized spacial score (nSPS) is 41.8. The Balaban J connectivity index is 2.15. The molecule has 4 atom stereocenters. The van der Waals surface area contributed by atoms with Gasteiger partial charge < -0.3 is 14.9 Å². The number of epoxide rings is 1. The number of aliphatic hydroxyl groups is 2. The van der Waals surface area contributed by atoms with Gasteiger partial charge in [0.2, 0.25) is 0 Å². The van der Waals surface area contributed by atoms with Crippen LogP contribution in [0.3, 0.4) is 0 Å². The number of hydrogen-bond donors (Lipinski definition) is 2. The third-order valence-electron chi connectivity index (χ3n) is 5.59. The Morgan fingerprint density at radius 3 is 2.48 bits per heavy atom. The zero-order valence-corrected chi connectivity index (χ0v) is 15.4. The zero-order chi connectivity index (χ0) is 17.3. The summed E-state index contributed by atoms with van der Waals surface area (Å²) >= 11 is 0. The lowest BCUT2D eigenvalue weighted by molar-refractivity contribution is -0.0345. The third kappa shape index (κ3) is 5.17. The molecule has 0 unspecified atom stereocenters. The van der Waals surface area contributed by atoms with Crippen LogP contribution in [0.5, 0.6) is 0 Å². The van der Waals surface area contributed by atoms with Gasteiger partial charge in [-0.3, -0.25) is 0 Å². The molecule has 2 rings (SSSR count). The second kappa shape index (κ2) is 7.08. The van der Waals surface area contributed by atoms with Crippen LogP contribution in [0.15, 0.2) is 23.3 Å². The minimum Gasteiger partial charge on any atom is -0.390 e. The summed E-state index contributed by atoms with van der Waals surface area (Å²) in [5.41, 5.74) is 1.69. The van der Waals surface area contributed by atoms with Crippen LogP contribution in [0.1, 0.15) is 73.1 Å². The highest BCUT2D eigenvalue weighted by atomic mass is 16.6. The van der Waals surface area contributed by atoms with Crippen molar-refractivity contribution in [1.82, 2.24) is 0 Å². The number of fused-ring (bicyclic) bond motifs is 1. The highest BCUT2D eigenvalue weighted by Crippen LogP contribution is 2.43.